The SMILES string of the molecule is CC(C)=CC(=O)Nc1scc(-c2ccccc2)c1C(=O)OCC(=O)N(C)Cc1cccs1. The van der Waals surface area contributed by atoms with E-state index in [0.717, 1.165) is 16.0 Å². The Morgan fingerprint density at radius 2 is 1.81 bits per heavy atom. The molecule has 0 unspecified atom stereocenters. The Bertz CT molecular complexity index is 1110. The minimum absolute atomic E-state index is 0.241. The van der Waals surface area contributed by atoms with Crippen molar-refractivity contribution < 1.29 is 19.1 Å². The number of benzene rings is 1. The largest absolute Gasteiger partial charge is 0.452 e. The molecule has 0 bridgehead atoms. The van der Waals surface area contributed by atoms with E-state index in [1.807, 2.05) is 61.7 Å². The predicted octanol–water partition coefficient (Wildman–Crippen LogP) is 5.20. The van der Waals surface area contributed by atoms with Gasteiger partial charge in [0, 0.05) is 28.9 Å². The van der Waals surface area contributed by atoms with E-state index >= 15 is 0 Å². The van der Waals surface area contributed by atoms with Crippen molar-refractivity contribution in [2.75, 3.05) is 19.0 Å². The van der Waals surface area contributed by atoms with Gasteiger partial charge in [0.25, 0.3) is 5.91 Å². The van der Waals surface area contributed by atoms with Gasteiger partial charge >= 0.3 is 5.97 Å². The highest BCUT2D eigenvalue weighted by molar-refractivity contribution is 7.15. The number of nitrogens with zero attached hydrogens (tertiary/aromatic N) is 1. The third-order valence-corrected chi connectivity index (χ3v) is 6.22. The van der Waals surface area contributed by atoms with Crippen molar-refractivity contribution in [3.05, 3.63) is 75.3 Å². The summed E-state index contributed by atoms with van der Waals surface area (Å²) in [6, 6.07) is 13.2. The van der Waals surface area contributed by atoms with Crippen LogP contribution >= 0.6 is 22.7 Å². The second-order valence-corrected chi connectivity index (χ2v) is 9.25. The lowest BCUT2D eigenvalue weighted by atomic mass is 10.0. The molecule has 2 heterocycles. The highest BCUT2D eigenvalue weighted by Crippen LogP contribution is 2.36. The molecule has 32 heavy (non-hydrogen) atoms. The van der Waals surface area contributed by atoms with Crippen LogP contribution in [0, 0.1) is 0 Å². The number of likely N-dealkylation sites (N-methyl/N-ethyl adjacent to an activating group) is 1. The number of thiophene rings is 2. The summed E-state index contributed by atoms with van der Waals surface area (Å²) >= 11 is 2.80. The highest BCUT2D eigenvalue weighted by atomic mass is 32.1. The molecular weight excluding hydrogens is 444 g/mol. The van der Waals surface area contributed by atoms with Gasteiger partial charge in [-0.1, -0.05) is 42.0 Å². The van der Waals surface area contributed by atoms with Crippen LogP contribution < -0.4 is 5.32 Å². The fourth-order valence-corrected chi connectivity index (χ4v) is 4.64. The van der Waals surface area contributed by atoms with Crippen LogP contribution in [-0.4, -0.2) is 36.3 Å². The van der Waals surface area contributed by atoms with Gasteiger partial charge in [0.05, 0.1) is 6.54 Å². The fourth-order valence-electron chi connectivity index (χ4n) is 2.93. The van der Waals surface area contributed by atoms with E-state index in [0.29, 0.717) is 17.1 Å². The predicted molar refractivity (Wildman–Crippen MR) is 129 cm³/mol. The lowest BCUT2D eigenvalue weighted by molar-refractivity contribution is -0.133. The van der Waals surface area contributed by atoms with Crippen molar-refractivity contribution in [2.24, 2.45) is 0 Å². The molecule has 6 nitrogen and oxygen atoms in total. The number of hydrogen-bond acceptors (Lipinski definition) is 6. The molecule has 2 aromatic heterocycles. The number of anilines is 1. The summed E-state index contributed by atoms with van der Waals surface area (Å²) in [7, 11) is 1.67. The minimum atomic E-state index is -0.657. The molecule has 1 N–H and O–H groups in total. The first-order valence-electron chi connectivity index (χ1n) is 9.91. The van der Waals surface area contributed by atoms with Crippen LogP contribution in [-0.2, 0) is 20.9 Å². The highest BCUT2D eigenvalue weighted by Gasteiger charge is 2.24. The molecule has 1 aromatic carbocycles. The standard InChI is InChI=1S/C24H24N2O4S2/c1-16(2)12-20(27)25-23-22(19(15-32-23)17-8-5-4-6-9-17)24(29)30-14-21(28)26(3)13-18-10-7-11-31-18/h4-12,15H,13-14H2,1-3H3,(H,25,27). The summed E-state index contributed by atoms with van der Waals surface area (Å²) in [4.78, 5) is 40.3. The van der Waals surface area contributed by atoms with Crippen LogP contribution in [0.1, 0.15) is 29.1 Å². The molecule has 0 saturated heterocycles. The Kier molecular flexibility index (Phi) is 7.97. The van der Waals surface area contributed by atoms with Crippen LogP contribution in [0.25, 0.3) is 11.1 Å². The summed E-state index contributed by atoms with van der Waals surface area (Å²) < 4.78 is 5.37. The van der Waals surface area contributed by atoms with Gasteiger partial charge in [0.1, 0.15) is 10.6 Å². The normalized spacial score (nSPS) is 10.3. The molecule has 0 aliphatic heterocycles. The average molecular weight is 469 g/mol. The number of nitrogens with one attached hydrogen (secondary N) is 1. The lowest BCUT2D eigenvalue weighted by Crippen LogP contribution is -2.30. The van der Waals surface area contributed by atoms with Gasteiger partial charge < -0.3 is 15.0 Å². The molecule has 3 aromatic rings. The molecule has 0 fully saturated rings. The number of amides is 2. The zero-order chi connectivity index (χ0) is 23.1. The topological polar surface area (TPSA) is 75.7 Å². The minimum Gasteiger partial charge on any atom is -0.452 e. The number of allylic oxidation sites excluding steroid dienone is 1. The molecule has 166 valence electrons. The van der Waals surface area contributed by atoms with Crippen molar-refractivity contribution in [2.45, 2.75) is 20.4 Å². The first-order chi connectivity index (χ1) is 15.3. The van der Waals surface area contributed by atoms with E-state index < -0.39 is 5.97 Å². The molecule has 2 amide bonds. The smallest absolute Gasteiger partial charge is 0.342 e. The Hall–Kier alpha value is -3.23. The van der Waals surface area contributed by atoms with Gasteiger partial charge in [-0.2, -0.15) is 0 Å². The third-order valence-electron chi connectivity index (χ3n) is 4.46. The van der Waals surface area contributed by atoms with Crippen molar-refractivity contribution >= 4 is 45.5 Å². The summed E-state index contributed by atoms with van der Waals surface area (Å²) in [6.07, 6.45) is 1.46. The van der Waals surface area contributed by atoms with E-state index in [2.05, 4.69) is 5.32 Å². The van der Waals surface area contributed by atoms with E-state index in [1.165, 1.54) is 22.3 Å². The van der Waals surface area contributed by atoms with Crippen LogP contribution in [0.4, 0.5) is 5.00 Å². The maximum atomic E-state index is 13.0. The fraction of sp³-hybridized carbons (Fsp3) is 0.208. The van der Waals surface area contributed by atoms with Crippen LogP contribution in [0.2, 0.25) is 0 Å². The van der Waals surface area contributed by atoms with Gasteiger partial charge in [0.2, 0.25) is 5.91 Å². The van der Waals surface area contributed by atoms with Crippen LogP contribution in [0.15, 0.2) is 64.9 Å². The molecule has 0 saturated carbocycles. The zero-order valence-electron chi connectivity index (χ0n) is 18.1. The molecule has 0 atom stereocenters. The first kappa shape index (κ1) is 23.4. The summed E-state index contributed by atoms with van der Waals surface area (Å²) in [5, 5.41) is 6.89. The monoisotopic (exact) mass is 468 g/mol. The van der Waals surface area contributed by atoms with Gasteiger partial charge in [0.15, 0.2) is 6.61 Å². The van der Waals surface area contributed by atoms with Gasteiger partial charge in [-0.3, -0.25) is 9.59 Å². The number of carbonyl (C=O) groups excluding carboxylic acids is 3. The Balaban J connectivity index is 1.78. The Morgan fingerprint density at radius 3 is 2.47 bits per heavy atom. The maximum absolute atomic E-state index is 13.0. The van der Waals surface area contributed by atoms with Crippen LogP contribution in [0.3, 0.4) is 0 Å². The molecular formula is C24H24N2O4S2. The van der Waals surface area contributed by atoms with E-state index in [1.54, 1.807) is 23.8 Å². The molecule has 0 radical (unpaired) electrons. The molecule has 3 rings (SSSR count). The molecule has 0 aliphatic rings. The summed E-state index contributed by atoms with van der Waals surface area (Å²) in [5.74, 6) is -1.29. The number of carbonyl (C=O) groups is 3. The zero-order valence-corrected chi connectivity index (χ0v) is 19.7. The molecule has 8 heteroatoms. The average Bonchev–Trinajstić information content (AvgIpc) is 3.41. The Labute approximate surface area is 195 Å². The molecule has 0 spiro atoms. The van der Waals surface area contributed by atoms with Crippen molar-refractivity contribution in [3.63, 3.8) is 0 Å². The number of rotatable bonds is 8. The quantitative estimate of drug-likeness (QED) is 0.364. The first-order valence-corrected chi connectivity index (χ1v) is 11.7. The van der Waals surface area contributed by atoms with Crippen molar-refractivity contribution in [1.29, 1.82) is 0 Å². The van der Waals surface area contributed by atoms with Crippen LogP contribution in [0.5, 0.6) is 0 Å². The lowest BCUT2D eigenvalue weighted by Gasteiger charge is -2.16. The number of esters is 1. The van der Waals surface area contributed by atoms with Gasteiger partial charge in [-0.25, -0.2) is 4.79 Å². The second kappa shape index (κ2) is 10.9. The van der Waals surface area contributed by atoms with E-state index in [9.17, 15) is 14.4 Å². The second-order valence-electron chi connectivity index (χ2n) is 7.34. The summed E-state index contributed by atoms with van der Waals surface area (Å²) in [6.45, 7) is 3.70. The number of hydrogen-bond donors (Lipinski definition) is 1. The van der Waals surface area contributed by atoms with Crippen molar-refractivity contribution in [3.8, 4) is 11.1 Å². The van der Waals surface area contributed by atoms with E-state index in [-0.39, 0.29) is 24.0 Å². The maximum Gasteiger partial charge on any atom is 0.342 e. The molecule has 0 aliphatic carbocycles. The van der Waals surface area contributed by atoms with E-state index in [4.69, 9.17) is 4.74 Å². The van der Waals surface area contributed by atoms with Gasteiger partial charge in [-0.15, -0.1) is 22.7 Å². The van der Waals surface area contributed by atoms with Crippen molar-refractivity contribution in [1.82, 2.24) is 4.90 Å². The number of ether oxygens (including phenoxy) is 1. The summed E-state index contributed by atoms with van der Waals surface area (Å²) in [5.41, 5.74) is 2.54. The third kappa shape index (κ3) is 6.15. The van der Waals surface area contributed by atoms with Gasteiger partial charge in [-0.05, 0) is 30.9 Å². The Morgan fingerprint density at radius 1 is 1.06 bits per heavy atom.